The summed E-state index contributed by atoms with van der Waals surface area (Å²) in [6.07, 6.45) is 2.41. The van der Waals surface area contributed by atoms with Crippen molar-refractivity contribution in [2.75, 3.05) is 34.4 Å². The quantitative estimate of drug-likeness (QED) is 0.727. The Morgan fingerprint density at radius 1 is 1.25 bits per heavy atom. The molecule has 2 rings (SSSR count). The van der Waals surface area contributed by atoms with Crippen molar-refractivity contribution >= 4 is 16.7 Å². The first-order valence-corrected chi connectivity index (χ1v) is 8.01. The molecule has 6 heteroatoms. The predicted molar refractivity (Wildman–Crippen MR) is 93.9 cm³/mol. The molecule has 0 aliphatic carbocycles. The zero-order chi connectivity index (χ0) is 17.7. The van der Waals surface area contributed by atoms with Crippen LogP contribution in [0.15, 0.2) is 29.2 Å². The van der Waals surface area contributed by atoms with Crippen LogP contribution in [0.3, 0.4) is 0 Å². The Morgan fingerprint density at radius 3 is 2.62 bits per heavy atom. The van der Waals surface area contributed by atoms with E-state index in [4.69, 9.17) is 9.47 Å². The first-order chi connectivity index (χ1) is 11.5. The van der Waals surface area contributed by atoms with Gasteiger partial charge in [-0.2, -0.15) is 0 Å². The minimum atomic E-state index is -0.422. The molecule has 0 atom stereocenters. The summed E-state index contributed by atoms with van der Waals surface area (Å²) in [4.78, 5) is 27.1. The SMILES string of the molecule is CCOC(=O)c1cn(CCCN(C)C)c(=O)c2cc(OC)ccc12. The van der Waals surface area contributed by atoms with Gasteiger partial charge in [-0.25, -0.2) is 4.79 Å². The van der Waals surface area contributed by atoms with Gasteiger partial charge in [-0.3, -0.25) is 4.79 Å². The van der Waals surface area contributed by atoms with Crippen LogP contribution in [0.1, 0.15) is 23.7 Å². The van der Waals surface area contributed by atoms with E-state index in [0.29, 0.717) is 28.6 Å². The molecule has 1 heterocycles. The molecule has 0 N–H and O–H groups in total. The van der Waals surface area contributed by atoms with Gasteiger partial charge in [-0.05, 0) is 52.2 Å². The van der Waals surface area contributed by atoms with Gasteiger partial charge in [0.05, 0.1) is 24.7 Å². The Bertz CT molecular complexity index is 780. The van der Waals surface area contributed by atoms with E-state index in [2.05, 4.69) is 4.90 Å². The Kier molecular flexibility index (Phi) is 5.98. The fourth-order valence-corrected chi connectivity index (χ4v) is 2.60. The summed E-state index contributed by atoms with van der Waals surface area (Å²) < 4.78 is 11.9. The number of methoxy groups -OCH3 is 1. The third-order valence-corrected chi connectivity index (χ3v) is 3.79. The number of hydrogen-bond acceptors (Lipinski definition) is 5. The molecule has 0 spiro atoms. The molecule has 0 aliphatic rings. The number of esters is 1. The van der Waals surface area contributed by atoms with Crippen LogP contribution in [-0.2, 0) is 11.3 Å². The largest absolute Gasteiger partial charge is 0.497 e. The molecule has 0 bridgehead atoms. The molecule has 0 aliphatic heterocycles. The lowest BCUT2D eigenvalue weighted by atomic mass is 10.1. The molecule has 6 nitrogen and oxygen atoms in total. The van der Waals surface area contributed by atoms with Crippen LogP contribution in [0.2, 0.25) is 0 Å². The summed E-state index contributed by atoms with van der Waals surface area (Å²) in [5.41, 5.74) is 0.273. The molecule has 0 saturated carbocycles. The van der Waals surface area contributed by atoms with Crippen molar-refractivity contribution in [3.05, 3.63) is 40.3 Å². The van der Waals surface area contributed by atoms with Crippen molar-refractivity contribution in [2.45, 2.75) is 19.9 Å². The molecule has 0 fully saturated rings. The normalized spacial score (nSPS) is 11.0. The molecule has 1 aromatic carbocycles. The summed E-state index contributed by atoms with van der Waals surface area (Å²) in [5, 5.41) is 1.05. The average molecular weight is 332 g/mol. The molecular weight excluding hydrogens is 308 g/mol. The van der Waals surface area contributed by atoms with Gasteiger partial charge in [0, 0.05) is 18.1 Å². The summed E-state index contributed by atoms with van der Waals surface area (Å²) in [6, 6.07) is 5.13. The second-order valence-corrected chi connectivity index (χ2v) is 5.83. The van der Waals surface area contributed by atoms with Gasteiger partial charge in [0.1, 0.15) is 5.75 Å². The minimum absolute atomic E-state index is 0.129. The third-order valence-electron chi connectivity index (χ3n) is 3.79. The van der Waals surface area contributed by atoms with Crippen LogP contribution in [-0.4, -0.2) is 49.8 Å². The molecule has 0 amide bonds. The number of rotatable bonds is 7. The second kappa shape index (κ2) is 7.97. The summed E-state index contributed by atoms with van der Waals surface area (Å²) in [7, 11) is 5.52. The Hall–Kier alpha value is -2.34. The highest BCUT2D eigenvalue weighted by Gasteiger charge is 2.16. The molecule has 130 valence electrons. The molecule has 0 radical (unpaired) electrons. The van der Waals surface area contributed by atoms with E-state index in [1.807, 2.05) is 14.1 Å². The molecule has 2 aromatic rings. The van der Waals surface area contributed by atoms with E-state index in [1.165, 1.54) is 0 Å². The zero-order valence-corrected chi connectivity index (χ0v) is 14.7. The predicted octanol–water partition coefficient (Wildman–Crippen LogP) is 2.14. The maximum Gasteiger partial charge on any atom is 0.340 e. The van der Waals surface area contributed by atoms with E-state index < -0.39 is 5.97 Å². The maximum absolute atomic E-state index is 12.7. The minimum Gasteiger partial charge on any atom is -0.497 e. The second-order valence-electron chi connectivity index (χ2n) is 5.83. The van der Waals surface area contributed by atoms with Crippen LogP contribution in [0.5, 0.6) is 5.75 Å². The first-order valence-electron chi connectivity index (χ1n) is 8.01. The van der Waals surface area contributed by atoms with Gasteiger partial charge in [-0.15, -0.1) is 0 Å². The van der Waals surface area contributed by atoms with Crippen LogP contribution >= 0.6 is 0 Å². The Labute approximate surface area is 141 Å². The van der Waals surface area contributed by atoms with Crippen LogP contribution < -0.4 is 10.3 Å². The lowest BCUT2D eigenvalue weighted by Gasteiger charge is -2.14. The van der Waals surface area contributed by atoms with Crippen molar-refractivity contribution in [2.24, 2.45) is 0 Å². The van der Waals surface area contributed by atoms with Gasteiger partial charge in [0.2, 0.25) is 0 Å². The van der Waals surface area contributed by atoms with Crippen molar-refractivity contribution < 1.29 is 14.3 Å². The van der Waals surface area contributed by atoms with Gasteiger partial charge < -0.3 is 18.9 Å². The van der Waals surface area contributed by atoms with E-state index in [9.17, 15) is 9.59 Å². The van der Waals surface area contributed by atoms with Gasteiger partial charge >= 0.3 is 5.97 Å². The van der Waals surface area contributed by atoms with Gasteiger partial charge in [0.25, 0.3) is 5.56 Å². The number of carbonyl (C=O) groups is 1. The molecule has 24 heavy (non-hydrogen) atoms. The number of carbonyl (C=O) groups excluding carboxylic acids is 1. The molecular formula is C18H24N2O4. The van der Waals surface area contributed by atoms with Gasteiger partial charge in [0.15, 0.2) is 0 Å². The van der Waals surface area contributed by atoms with Crippen molar-refractivity contribution in [1.29, 1.82) is 0 Å². The summed E-state index contributed by atoms with van der Waals surface area (Å²) in [6.45, 7) is 3.44. The highest BCUT2D eigenvalue weighted by Crippen LogP contribution is 2.22. The highest BCUT2D eigenvalue weighted by molar-refractivity contribution is 6.04. The number of pyridine rings is 1. The number of hydrogen-bond donors (Lipinski definition) is 0. The maximum atomic E-state index is 12.7. The number of benzene rings is 1. The lowest BCUT2D eigenvalue weighted by molar-refractivity contribution is 0.0527. The van der Waals surface area contributed by atoms with Crippen molar-refractivity contribution in [1.82, 2.24) is 9.47 Å². The zero-order valence-electron chi connectivity index (χ0n) is 14.7. The number of fused-ring (bicyclic) bond motifs is 1. The lowest BCUT2D eigenvalue weighted by Crippen LogP contribution is -2.24. The fraction of sp³-hybridized carbons (Fsp3) is 0.444. The van der Waals surface area contributed by atoms with Crippen LogP contribution in [0.4, 0.5) is 0 Å². The topological polar surface area (TPSA) is 60.8 Å². The van der Waals surface area contributed by atoms with Gasteiger partial charge in [-0.1, -0.05) is 0 Å². The molecule has 0 saturated heterocycles. The van der Waals surface area contributed by atoms with Crippen LogP contribution in [0, 0.1) is 0 Å². The monoisotopic (exact) mass is 332 g/mol. The highest BCUT2D eigenvalue weighted by atomic mass is 16.5. The summed E-state index contributed by atoms with van der Waals surface area (Å²) in [5.74, 6) is 0.162. The van der Waals surface area contributed by atoms with E-state index in [-0.39, 0.29) is 12.2 Å². The Balaban J connectivity index is 2.54. The number of aryl methyl sites for hydroxylation is 1. The van der Waals surface area contributed by atoms with E-state index >= 15 is 0 Å². The first kappa shape index (κ1) is 18.0. The van der Waals surface area contributed by atoms with Crippen molar-refractivity contribution in [3.8, 4) is 5.75 Å². The van der Waals surface area contributed by atoms with E-state index in [1.54, 1.807) is 43.0 Å². The smallest absolute Gasteiger partial charge is 0.340 e. The average Bonchev–Trinajstić information content (AvgIpc) is 2.56. The standard InChI is InChI=1S/C18H24N2O4/c1-5-24-18(22)16-12-20(10-6-9-19(2)3)17(21)15-11-13(23-4)7-8-14(15)16/h7-8,11-12H,5-6,9-10H2,1-4H3. The van der Waals surface area contributed by atoms with E-state index in [0.717, 1.165) is 13.0 Å². The third kappa shape index (κ3) is 3.94. The molecule has 0 unspecified atom stereocenters. The summed E-state index contributed by atoms with van der Waals surface area (Å²) >= 11 is 0. The number of ether oxygens (including phenoxy) is 2. The van der Waals surface area contributed by atoms with Crippen molar-refractivity contribution in [3.63, 3.8) is 0 Å². The number of nitrogens with zero attached hydrogens (tertiary/aromatic N) is 2. The van der Waals surface area contributed by atoms with Crippen LogP contribution in [0.25, 0.3) is 10.8 Å². The fourth-order valence-electron chi connectivity index (χ4n) is 2.60. The molecule has 1 aromatic heterocycles. The number of aromatic nitrogens is 1. The Morgan fingerprint density at radius 2 is 2.00 bits per heavy atom.